The molecule has 0 radical (unpaired) electrons. The number of terminal acetylenes is 1. The van der Waals surface area contributed by atoms with E-state index in [0.29, 0.717) is 12.8 Å². The lowest BCUT2D eigenvalue weighted by Gasteiger charge is -2.04. The minimum atomic E-state index is 0.135. The SMILES string of the molecule is C#CCCC(=O)c1cccc(C)c1I. The van der Waals surface area contributed by atoms with Gasteiger partial charge in [0, 0.05) is 22.0 Å². The lowest BCUT2D eigenvalue weighted by atomic mass is 10.0. The summed E-state index contributed by atoms with van der Waals surface area (Å²) >= 11 is 2.20. The van der Waals surface area contributed by atoms with Crippen molar-refractivity contribution in [1.29, 1.82) is 0 Å². The van der Waals surface area contributed by atoms with Gasteiger partial charge in [0.05, 0.1) is 0 Å². The first kappa shape index (κ1) is 11.3. The van der Waals surface area contributed by atoms with Crippen LogP contribution in [0.25, 0.3) is 0 Å². The summed E-state index contributed by atoms with van der Waals surface area (Å²) in [7, 11) is 0. The van der Waals surface area contributed by atoms with Crippen LogP contribution in [0.2, 0.25) is 0 Å². The summed E-state index contributed by atoms with van der Waals surface area (Å²) in [6.07, 6.45) is 6.08. The largest absolute Gasteiger partial charge is 0.294 e. The Morgan fingerprint density at radius 2 is 2.29 bits per heavy atom. The van der Waals surface area contributed by atoms with Gasteiger partial charge in [-0.25, -0.2) is 0 Å². The summed E-state index contributed by atoms with van der Waals surface area (Å²) < 4.78 is 1.03. The van der Waals surface area contributed by atoms with Crippen molar-refractivity contribution in [2.24, 2.45) is 0 Å². The molecule has 0 fully saturated rings. The second-order valence-electron chi connectivity index (χ2n) is 3.06. The van der Waals surface area contributed by atoms with Gasteiger partial charge in [-0.05, 0) is 35.1 Å². The number of Topliss-reactive ketones (excluding diaryl/α,β-unsaturated/α-hetero) is 1. The molecule has 0 spiro atoms. The van der Waals surface area contributed by atoms with Gasteiger partial charge in [0.1, 0.15) is 0 Å². The molecule has 1 nitrogen and oxygen atoms in total. The molecule has 0 amide bonds. The molecule has 0 aromatic heterocycles. The number of benzene rings is 1. The fourth-order valence-electron chi connectivity index (χ4n) is 1.18. The summed E-state index contributed by atoms with van der Waals surface area (Å²) in [5.41, 5.74) is 1.93. The Morgan fingerprint density at radius 3 is 2.93 bits per heavy atom. The number of carbonyl (C=O) groups is 1. The molecule has 1 rings (SSSR count). The summed E-state index contributed by atoms with van der Waals surface area (Å²) in [4.78, 5) is 11.7. The van der Waals surface area contributed by atoms with E-state index in [2.05, 4.69) is 28.5 Å². The van der Waals surface area contributed by atoms with E-state index in [1.54, 1.807) is 0 Å². The van der Waals surface area contributed by atoms with E-state index in [9.17, 15) is 4.79 Å². The van der Waals surface area contributed by atoms with Crippen LogP contribution in [0, 0.1) is 22.8 Å². The molecule has 0 heterocycles. The van der Waals surface area contributed by atoms with Crippen molar-refractivity contribution < 1.29 is 4.79 Å². The van der Waals surface area contributed by atoms with Crippen LogP contribution in [0.5, 0.6) is 0 Å². The number of ketones is 1. The summed E-state index contributed by atoms with van der Waals surface area (Å²) in [6, 6.07) is 5.76. The van der Waals surface area contributed by atoms with Crippen LogP contribution in [0.3, 0.4) is 0 Å². The summed E-state index contributed by atoms with van der Waals surface area (Å²) in [6.45, 7) is 2.00. The molecule has 2 heteroatoms. The monoisotopic (exact) mass is 298 g/mol. The number of aryl methyl sites for hydroxylation is 1. The maximum absolute atomic E-state index is 11.7. The summed E-state index contributed by atoms with van der Waals surface area (Å²) in [5, 5.41) is 0. The predicted molar refractivity (Wildman–Crippen MR) is 66.3 cm³/mol. The van der Waals surface area contributed by atoms with Crippen LogP contribution in [0.4, 0.5) is 0 Å². The zero-order valence-electron chi connectivity index (χ0n) is 8.01. The topological polar surface area (TPSA) is 17.1 Å². The van der Waals surface area contributed by atoms with Gasteiger partial charge in [0.2, 0.25) is 0 Å². The van der Waals surface area contributed by atoms with Gasteiger partial charge in [0.25, 0.3) is 0 Å². The van der Waals surface area contributed by atoms with Crippen LogP contribution in [-0.4, -0.2) is 5.78 Å². The maximum Gasteiger partial charge on any atom is 0.164 e. The van der Waals surface area contributed by atoms with Gasteiger partial charge in [-0.2, -0.15) is 0 Å². The molecule has 0 atom stereocenters. The molecular formula is C12H11IO. The highest BCUT2D eigenvalue weighted by Gasteiger charge is 2.09. The predicted octanol–water partition coefficient (Wildman–Crippen LogP) is 3.20. The van der Waals surface area contributed by atoms with Gasteiger partial charge < -0.3 is 0 Å². The molecule has 14 heavy (non-hydrogen) atoms. The fourth-order valence-corrected chi connectivity index (χ4v) is 1.84. The molecule has 1 aromatic carbocycles. The molecule has 0 N–H and O–H groups in total. The third kappa shape index (κ3) is 2.58. The third-order valence-corrected chi connectivity index (χ3v) is 3.42. The number of rotatable bonds is 3. The minimum Gasteiger partial charge on any atom is -0.294 e. The first-order valence-electron chi connectivity index (χ1n) is 4.38. The second-order valence-corrected chi connectivity index (χ2v) is 4.14. The molecule has 1 aromatic rings. The highest BCUT2D eigenvalue weighted by atomic mass is 127. The number of hydrogen-bond donors (Lipinski definition) is 0. The Balaban J connectivity index is 2.91. The minimum absolute atomic E-state index is 0.135. The van der Waals surface area contributed by atoms with Crippen molar-refractivity contribution in [3.8, 4) is 12.3 Å². The average molecular weight is 298 g/mol. The maximum atomic E-state index is 11.7. The van der Waals surface area contributed by atoms with Crippen LogP contribution < -0.4 is 0 Å². The van der Waals surface area contributed by atoms with Crippen molar-refractivity contribution in [2.75, 3.05) is 0 Å². The number of carbonyl (C=O) groups excluding carboxylic acids is 1. The highest BCUT2D eigenvalue weighted by Crippen LogP contribution is 2.18. The molecule has 0 saturated heterocycles. The van der Waals surface area contributed by atoms with E-state index in [1.165, 1.54) is 0 Å². The van der Waals surface area contributed by atoms with Gasteiger partial charge >= 0.3 is 0 Å². The standard InChI is InChI=1S/C12H11IO/c1-3-4-8-11(14)10-7-5-6-9(2)12(10)13/h1,5-7H,4,8H2,2H3. The van der Waals surface area contributed by atoms with Crippen molar-refractivity contribution in [2.45, 2.75) is 19.8 Å². The zero-order valence-corrected chi connectivity index (χ0v) is 10.2. The fraction of sp³-hybridized carbons (Fsp3) is 0.250. The number of halogens is 1. The van der Waals surface area contributed by atoms with E-state index >= 15 is 0 Å². The molecule has 72 valence electrons. The first-order valence-corrected chi connectivity index (χ1v) is 5.46. The second kappa shape index (κ2) is 5.16. The normalized spacial score (nSPS) is 9.50. The van der Waals surface area contributed by atoms with Crippen molar-refractivity contribution in [3.05, 3.63) is 32.9 Å². The lowest BCUT2D eigenvalue weighted by Crippen LogP contribution is -2.02. The zero-order chi connectivity index (χ0) is 10.6. The van der Waals surface area contributed by atoms with E-state index in [4.69, 9.17) is 6.42 Å². The van der Waals surface area contributed by atoms with Crippen LogP contribution in [0.1, 0.15) is 28.8 Å². The van der Waals surface area contributed by atoms with E-state index in [0.717, 1.165) is 14.7 Å². The Labute approximate surface area is 98.0 Å². The Hall–Kier alpha value is -0.820. The summed E-state index contributed by atoms with van der Waals surface area (Å²) in [5.74, 6) is 2.61. The Kier molecular flexibility index (Phi) is 4.15. The smallest absolute Gasteiger partial charge is 0.164 e. The molecule has 0 aliphatic carbocycles. The van der Waals surface area contributed by atoms with Crippen molar-refractivity contribution in [1.82, 2.24) is 0 Å². The molecule has 0 unspecified atom stereocenters. The van der Waals surface area contributed by atoms with Gasteiger partial charge in [-0.15, -0.1) is 12.3 Å². The van der Waals surface area contributed by atoms with Crippen LogP contribution in [0.15, 0.2) is 18.2 Å². The highest BCUT2D eigenvalue weighted by molar-refractivity contribution is 14.1. The van der Waals surface area contributed by atoms with Crippen molar-refractivity contribution in [3.63, 3.8) is 0 Å². The Bertz CT molecular complexity index is 388. The van der Waals surface area contributed by atoms with Crippen LogP contribution in [-0.2, 0) is 0 Å². The third-order valence-electron chi connectivity index (χ3n) is 1.99. The average Bonchev–Trinajstić information content (AvgIpc) is 2.18. The molecule has 0 bridgehead atoms. The lowest BCUT2D eigenvalue weighted by molar-refractivity contribution is 0.0983. The van der Waals surface area contributed by atoms with E-state index in [-0.39, 0.29) is 5.78 Å². The van der Waals surface area contributed by atoms with Gasteiger partial charge in [0.15, 0.2) is 5.78 Å². The number of hydrogen-bond acceptors (Lipinski definition) is 1. The molecular weight excluding hydrogens is 287 g/mol. The van der Waals surface area contributed by atoms with Crippen molar-refractivity contribution >= 4 is 28.4 Å². The van der Waals surface area contributed by atoms with Gasteiger partial charge in [-0.3, -0.25) is 4.79 Å². The van der Waals surface area contributed by atoms with Gasteiger partial charge in [-0.1, -0.05) is 18.2 Å². The van der Waals surface area contributed by atoms with E-state index in [1.807, 2.05) is 25.1 Å². The quantitative estimate of drug-likeness (QED) is 0.476. The first-order chi connectivity index (χ1) is 6.66. The molecule has 0 saturated carbocycles. The van der Waals surface area contributed by atoms with E-state index < -0.39 is 0 Å². The Morgan fingerprint density at radius 1 is 1.57 bits per heavy atom. The molecule has 0 aliphatic heterocycles. The molecule has 0 aliphatic rings. The van der Waals surface area contributed by atoms with Crippen LogP contribution >= 0.6 is 22.6 Å².